The highest BCUT2D eigenvalue weighted by Gasteiger charge is 2.23. The Bertz CT molecular complexity index is 487. The summed E-state index contributed by atoms with van der Waals surface area (Å²) in [5.74, 6) is 1.61. The van der Waals surface area contributed by atoms with Crippen LogP contribution in [-0.4, -0.2) is 50.5 Å². The number of halogens is 1. The topological polar surface area (TPSA) is 33.7 Å². The van der Waals surface area contributed by atoms with Gasteiger partial charge in [0.15, 0.2) is 11.5 Å². The molecule has 2 unspecified atom stereocenters. The quantitative estimate of drug-likeness (QED) is 0.829. The highest BCUT2D eigenvalue weighted by molar-refractivity contribution is 7.98. The van der Waals surface area contributed by atoms with Gasteiger partial charge >= 0.3 is 0 Å². The van der Waals surface area contributed by atoms with Crippen molar-refractivity contribution < 1.29 is 9.47 Å². The number of thioether (sulfide) groups is 1. The van der Waals surface area contributed by atoms with E-state index in [2.05, 4.69) is 42.5 Å². The molecule has 2 atom stereocenters. The zero-order valence-electron chi connectivity index (χ0n) is 14.0. The molecule has 1 saturated heterocycles. The van der Waals surface area contributed by atoms with E-state index in [9.17, 15) is 0 Å². The average molecular weight is 347 g/mol. The number of ether oxygens (including phenoxy) is 2. The lowest BCUT2D eigenvalue weighted by molar-refractivity contribution is 0.137. The van der Waals surface area contributed by atoms with Crippen LogP contribution in [0.1, 0.15) is 19.4 Å². The normalized spacial score (nSPS) is 22.0. The van der Waals surface area contributed by atoms with Gasteiger partial charge in [-0.05, 0) is 37.8 Å². The fourth-order valence-electron chi connectivity index (χ4n) is 2.75. The monoisotopic (exact) mass is 346 g/mol. The Morgan fingerprint density at radius 1 is 1.23 bits per heavy atom. The molecule has 1 heterocycles. The first-order valence-corrected chi connectivity index (χ1v) is 8.57. The molecular formula is C16H27ClN2O2S. The van der Waals surface area contributed by atoms with Gasteiger partial charge in [-0.1, -0.05) is 0 Å². The van der Waals surface area contributed by atoms with Crippen molar-refractivity contribution in [3.8, 4) is 11.5 Å². The maximum atomic E-state index is 5.45. The molecule has 4 nitrogen and oxygen atoms in total. The third-order valence-corrected chi connectivity index (χ3v) is 4.87. The molecule has 2 rings (SSSR count). The zero-order chi connectivity index (χ0) is 15.4. The molecule has 1 fully saturated rings. The molecule has 1 aromatic carbocycles. The van der Waals surface area contributed by atoms with Gasteiger partial charge in [-0.15, -0.1) is 24.2 Å². The van der Waals surface area contributed by atoms with Crippen molar-refractivity contribution >= 4 is 24.2 Å². The van der Waals surface area contributed by atoms with Crippen LogP contribution in [0.4, 0.5) is 0 Å². The molecule has 1 aliphatic rings. The molecule has 0 aliphatic carbocycles. The Morgan fingerprint density at radius 3 is 2.45 bits per heavy atom. The number of rotatable bonds is 5. The van der Waals surface area contributed by atoms with E-state index in [1.807, 2.05) is 0 Å². The average Bonchev–Trinajstić information content (AvgIpc) is 2.50. The van der Waals surface area contributed by atoms with E-state index >= 15 is 0 Å². The first kappa shape index (κ1) is 19.4. The van der Waals surface area contributed by atoms with E-state index < -0.39 is 0 Å². The lowest BCUT2D eigenvalue weighted by atomic mass is 10.1. The summed E-state index contributed by atoms with van der Waals surface area (Å²) in [6, 6.07) is 5.28. The molecule has 1 N–H and O–H groups in total. The van der Waals surface area contributed by atoms with Crippen LogP contribution in [0.25, 0.3) is 0 Å². The van der Waals surface area contributed by atoms with Gasteiger partial charge in [0, 0.05) is 36.6 Å². The molecule has 0 amide bonds. The summed E-state index contributed by atoms with van der Waals surface area (Å²) in [6.45, 7) is 7.58. The minimum absolute atomic E-state index is 0. The summed E-state index contributed by atoms with van der Waals surface area (Å²) in [7, 11) is 3.37. The molecule has 0 bridgehead atoms. The maximum Gasteiger partial charge on any atom is 0.161 e. The second kappa shape index (κ2) is 8.87. The second-order valence-electron chi connectivity index (χ2n) is 5.61. The molecule has 0 aromatic heterocycles. The van der Waals surface area contributed by atoms with E-state index in [0.717, 1.165) is 31.1 Å². The third-order valence-electron chi connectivity index (χ3n) is 4.05. The Hall–Kier alpha value is -0.620. The number of piperazine rings is 1. The minimum atomic E-state index is 0. The molecule has 22 heavy (non-hydrogen) atoms. The minimum Gasteiger partial charge on any atom is -0.493 e. The van der Waals surface area contributed by atoms with Crippen molar-refractivity contribution in [2.75, 3.05) is 33.6 Å². The van der Waals surface area contributed by atoms with Gasteiger partial charge in [0.05, 0.1) is 14.2 Å². The van der Waals surface area contributed by atoms with Crippen molar-refractivity contribution in [1.82, 2.24) is 10.2 Å². The van der Waals surface area contributed by atoms with Crippen molar-refractivity contribution in [3.63, 3.8) is 0 Å². The Kier molecular flexibility index (Phi) is 7.83. The standard InChI is InChI=1S/C16H26N2O2S.ClH/c1-11-9-18(12(2)8-17-11)10-13-6-14(19-3)15(20-4)7-16(13)21-5;/h6-7,11-12,17H,8-10H2,1-5H3;1H. The van der Waals surface area contributed by atoms with Crippen molar-refractivity contribution in [2.24, 2.45) is 0 Å². The predicted octanol–water partition coefficient (Wildman–Crippen LogP) is 3.03. The predicted molar refractivity (Wildman–Crippen MR) is 95.9 cm³/mol. The van der Waals surface area contributed by atoms with E-state index in [-0.39, 0.29) is 12.4 Å². The van der Waals surface area contributed by atoms with Crippen molar-refractivity contribution in [3.05, 3.63) is 17.7 Å². The lowest BCUT2D eigenvalue weighted by Crippen LogP contribution is -2.53. The number of nitrogens with one attached hydrogen (secondary N) is 1. The van der Waals surface area contributed by atoms with Gasteiger partial charge in [0.25, 0.3) is 0 Å². The molecule has 1 aliphatic heterocycles. The van der Waals surface area contributed by atoms with Crippen LogP contribution < -0.4 is 14.8 Å². The Labute approximate surface area is 144 Å². The van der Waals surface area contributed by atoms with Crippen molar-refractivity contribution in [1.29, 1.82) is 0 Å². The van der Waals surface area contributed by atoms with E-state index in [1.165, 1.54) is 10.5 Å². The van der Waals surface area contributed by atoms with E-state index in [0.29, 0.717) is 12.1 Å². The molecule has 126 valence electrons. The Morgan fingerprint density at radius 2 is 1.86 bits per heavy atom. The summed E-state index contributed by atoms with van der Waals surface area (Å²) in [5.41, 5.74) is 1.31. The fraction of sp³-hybridized carbons (Fsp3) is 0.625. The Balaban J connectivity index is 0.00000242. The van der Waals surface area contributed by atoms with E-state index in [1.54, 1.807) is 26.0 Å². The van der Waals surface area contributed by atoms with Crippen LogP contribution in [0, 0.1) is 0 Å². The molecule has 0 radical (unpaired) electrons. The van der Waals surface area contributed by atoms with Crippen LogP contribution in [-0.2, 0) is 6.54 Å². The summed E-state index contributed by atoms with van der Waals surface area (Å²) in [4.78, 5) is 3.79. The second-order valence-corrected chi connectivity index (χ2v) is 6.45. The molecule has 6 heteroatoms. The van der Waals surface area contributed by atoms with Crippen LogP contribution in [0.3, 0.4) is 0 Å². The van der Waals surface area contributed by atoms with Gasteiger partial charge in [0.1, 0.15) is 0 Å². The first-order valence-electron chi connectivity index (χ1n) is 7.35. The van der Waals surface area contributed by atoms with Gasteiger partial charge in [-0.2, -0.15) is 0 Å². The van der Waals surface area contributed by atoms with Gasteiger partial charge in [-0.25, -0.2) is 0 Å². The summed E-state index contributed by atoms with van der Waals surface area (Å²) in [6.07, 6.45) is 2.11. The fourth-order valence-corrected chi connectivity index (χ4v) is 3.36. The highest BCUT2D eigenvalue weighted by atomic mass is 35.5. The number of hydrogen-bond acceptors (Lipinski definition) is 5. The largest absolute Gasteiger partial charge is 0.493 e. The zero-order valence-corrected chi connectivity index (χ0v) is 15.6. The molecular weight excluding hydrogens is 320 g/mol. The van der Waals surface area contributed by atoms with Crippen LogP contribution in [0.5, 0.6) is 11.5 Å². The highest BCUT2D eigenvalue weighted by Crippen LogP contribution is 2.35. The summed E-state index contributed by atoms with van der Waals surface area (Å²) in [5, 5.41) is 3.53. The number of methoxy groups -OCH3 is 2. The van der Waals surface area contributed by atoms with Crippen LogP contribution >= 0.6 is 24.2 Å². The number of nitrogens with zero attached hydrogens (tertiary/aromatic N) is 1. The van der Waals surface area contributed by atoms with Crippen molar-refractivity contribution in [2.45, 2.75) is 37.4 Å². The number of benzene rings is 1. The van der Waals surface area contributed by atoms with Gasteiger partial charge in [0.2, 0.25) is 0 Å². The first-order chi connectivity index (χ1) is 10.1. The maximum absolute atomic E-state index is 5.45. The smallest absolute Gasteiger partial charge is 0.161 e. The number of hydrogen-bond donors (Lipinski definition) is 1. The SMILES string of the molecule is COc1cc(CN2CC(C)NCC2C)c(SC)cc1OC.Cl. The summed E-state index contributed by atoms with van der Waals surface area (Å²) < 4.78 is 10.8. The third kappa shape index (κ3) is 4.44. The van der Waals surface area contributed by atoms with Crippen LogP contribution in [0.2, 0.25) is 0 Å². The summed E-state index contributed by atoms with van der Waals surface area (Å²) >= 11 is 1.76. The van der Waals surface area contributed by atoms with Gasteiger partial charge < -0.3 is 14.8 Å². The molecule has 0 saturated carbocycles. The lowest BCUT2D eigenvalue weighted by Gasteiger charge is -2.37. The van der Waals surface area contributed by atoms with Crippen LogP contribution in [0.15, 0.2) is 17.0 Å². The molecule has 0 spiro atoms. The van der Waals surface area contributed by atoms with Gasteiger partial charge in [-0.3, -0.25) is 4.90 Å². The molecule has 1 aromatic rings. The van der Waals surface area contributed by atoms with E-state index in [4.69, 9.17) is 9.47 Å².